The number of nitrogens with zero attached hydrogens (tertiary/aromatic N) is 1. The van der Waals surface area contributed by atoms with Crippen LogP contribution >= 0.6 is 11.8 Å². The summed E-state index contributed by atoms with van der Waals surface area (Å²) in [5.41, 5.74) is 5.64. The highest BCUT2D eigenvalue weighted by Crippen LogP contribution is 2.11. The van der Waals surface area contributed by atoms with Crippen LogP contribution in [0.4, 0.5) is 0 Å². The summed E-state index contributed by atoms with van der Waals surface area (Å²) >= 11 is 1.60. The van der Waals surface area contributed by atoms with E-state index in [-0.39, 0.29) is 11.4 Å². The molecule has 0 aromatic carbocycles. The molecule has 0 radical (unpaired) electrons. The molecule has 0 aromatic heterocycles. The Labute approximate surface area is 95.5 Å². The van der Waals surface area contributed by atoms with Crippen molar-refractivity contribution in [2.75, 3.05) is 37.8 Å². The van der Waals surface area contributed by atoms with Crippen LogP contribution in [0, 0.1) is 0 Å². The largest absolute Gasteiger partial charge is 0.378 e. The predicted molar refractivity (Wildman–Crippen MR) is 63.0 cm³/mol. The van der Waals surface area contributed by atoms with Crippen LogP contribution in [-0.2, 0) is 9.53 Å². The summed E-state index contributed by atoms with van der Waals surface area (Å²) in [6.07, 6.45) is 0. The molecule has 0 aromatic rings. The van der Waals surface area contributed by atoms with Gasteiger partial charge in [-0.1, -0.05) is 0 Å². The number of thioether (sulfide) groups is 1. The highest BCUT2D eigenvalue weighted by Gasteiger charge is 2.18. The Morgan fingerprint density at radius 3 is 2.60 bits per heavy atom. The van der Waals surface area contributed by atoms with E-state index in [1.165, 1.54) is 0 Å². The average Bonchev–Trinajstić information content (AvgIpc) is 2.17. The quantitative estimate of drug-likeness (QED) is 0.758. The number of morpholine rings is 1. The molecule has 15 heavy (non-hydrogen) atoms. The number of carbonyl (C=O) groups is 1. The summed E-state index contributed by atoms with van der Waals surface area (Å²) in [6, 6.07) is 0. The Hall–Kier alpha value is -0.260. The highest BCUT2D eigenvalue weighted by atomic mass is 32.2. The second-order valence-electron chi connectivity index (χ2n) is 4.47. The minimum Gasteiger partial charge on any atom is -0.378 e. The minimum atomic E-state index is -0.198. The third-order valence-corrected chi connectivity index (χ3v) is 3.46. The summed E-state index contributed by atoms with van der Waals surface area (Å²) in [5, 5.41) is 0. The summed E-state index contributed by atoms with van der Waals surface area (Å²) in [4.78, 5) is 13.6. The minimum absolute atomic E-state index is 0.198. The van der Waals surface area contributed by atoms with Crippen LogP contribution in [0.3, 0.4) is 0 Å². The lowest BCUT2D eigenvalue weighted by Gasteiger charge is -2.27. The number of nitrogens with two attached hydrogens (primary N) is 1. The van der Waals surface area contributed by atoms with Crippen LogP contribution in [-0.4, -0.2) is 54.2 Å². The second-order valence-corrected chi connectivity index (χ2v) is 5.46. The molecule has 1 fully saturated rings. The Morgan fingerprint density at radius 1 is 1.47 bits per heavy atom. The monoisotopic (exact) mass is 232 g/mol. The Morgan fingerprint density at radius 2 is 2.07 bits per heavy atom. The lowest BCUT2D eigenvalue weighted by molar-refractivity contribution is -0.132. The van der Waals surface area contributed by atoms with Gasteiger partial charge in [0.2, 0.25) is 5.91 Å². The van der Waals surface area contributed by atoms with Crippen molar-refractivity contribution >= 4 is 17.7 Å². The second kappa shape index (κ2) is 5.72. The van der Waals surface area contributed by atoms with Gasteiger partial charge in [0, 0.05) is 24.4 Å². The zero-order chi connectivity index (χ0) is 11.3. The molecule has 0 aliphatic carbocycles. The summed E-state index contributed by atoms with van der Waals surface area (Å²) in [5.74, 6) is 1.54. The van der Waals surface area contributed by atoms with Crippen molar-refractivity contribution < 1.29 is 9.53 Å². The van der Waals surface area contributed by atoms with Gasteiger partial charge in [-0.15, -0.1) is 0 Å². The number of hydrogen-bond acceptors (Lipinski definition) is 4. The fraction of sp³-hybridized carbons (Fsp3) is 0.900. The average molecular weight is 232 g/mol. The van der Waals surface area contributed by atoms with Gasteiger partial charge in [0.1, 0.15) is 0 Å². The van der Waals surface area contributed by atoms with Crippen molar-refractivity contribution in [1.82, 2.24) is 4.90 Å². The first-order valence-corrected chi connectivity index (χ1v) is 6.37. The first-order valence-electron chi connectivity index (χ1n) is 5.21. The molecule has 4 nitrogen and oxygen atoms in total. The topological polar surface area (TPSA) is 55.6 Å². The number of rotatable bonds is 4. The van der Waals surface area contributed by atoms with Gasteiger partial charge in [-0.05, 0) is 13.8 Å². The van der Waals surface area contributed by atoms with Crippen LogP contribution in [0.1, 0.15) is 13.8 Å². The molecule has 1 rings (SSSR count). The van der Waals surface area contributed by atoms with E-state index < -0.39 is 0 Å². The fourth-order valence-electron chi connectivity index (χ4n) is 1.31. The van der Waals surface area contributed by atoms with E-state index >= 15 is 0 Å². The van der Waals surface area contributed by atoms with Gasteiger partial charge in [-0.25, -0.2) is 0 Å². The van der Waals surface area contributed by atoms with Gasteiger partial charge < -0.3 is 15.4 Å². The van der Waals surface area contributed by atoms with Crippen molar-refractivity contribution in [3.8, 4) is 0 Å². The molecule has 2 N–H and O–H groups in total. The molecule has 0 atom stereocenters. The maximum atomic E-state index is 11.7. The van der Waals surface area contributed by atoms with Gasteiger partial charge in [-0.3, -0.25) is 4.79 Å². The van der Waals surface area contributed by atoms with Crippen LogP contribution in [0.15, 0.2) is 0 Å². The Bertz CT molecular complexity index is 210. The van der Waals surface area contributed by atoms with Gasteiger partial charge in [0.05, 0.1) is 19.0 Å². The predicted octanol–water partition coefficient (Wildman–Crippen LogP) is 0.316. The zero-order valence-corrected chi connectivity index (χ0v) is 10.3. The number of ether oxygens (including phenoxy) is 1. The molecule has 0 bridgehead atoms. The lowest BCUT2D eigenvalue weighted by Crippen LogP contribution is -2.42. The van der Waals surface area contributed by atoms with E-state index in [0.29, 0.717) is 19.0 Å². The van der Waals surface area contributed by atoms with E-state index in [1.54, 1.807) is 11.8 Å². The Balaban J connectivity index is 2.17. The van der Waals surface area contributed by atoms with Crippen LogP contribution < -0.4 is 5.73 Å². The number of carbonyl (C=O) groups excluding carboxylic acids is 1. The first-order chi connectivity index (χ1) is 6.99. The van der Waals surface area contributed by atoms with E-state index in [0.717, 1.165) is 18.8 Å². The standard InChI is InChI=1S/C10H20N2O2S/c1-10(2,11)8-15-7-9(13)12-3-5-14-6-4-12/h3-8,11H2,1-2H3. The molecule has 5 heteroatoms. The van der Waals surface area contributed by atoms with E-state index in [2.05, 4.69) is 0 Å². The van der Waals surface area contributed by atoms with E-state index in [4.69, 9.17) is 10.5 Å². The van der Waals surface area contributed by atoms with Crippen LogP contribution in [0.25, 0.3) is 0 Å². The number of amides is 1. The lowest BCUT2D eigenvalue weighted by atomic mass is 10.1. The molecular formula is C10H20N2O2S. The molecule has 1 amide bonds. The van der Waals surface area contributed by atoms with Gasteiger partial charge >= 0.3 is 0 Å². The van der Waals surface area contributed by atoms with Gasteiger partial charge in [-0.2, -0.15) is 11.8 Å². The SMILES string of the molecule is CC(C)(N)CSCC(=O)N1CCOCC1. The van der Waals surface area contributed by atoms with E-state index in [1.807, 2.05) is 18.7 Å². The molecule has 88 valence electrons. The summed E-state index contributed by atoms with van der Waals surface area (Å²) < 4.78 is 5.19. The molecule has 0 spiro atoms. The normalized spacial score (nSPS) is 17.9. The third-order valence-electron chi connectivity index (χ3n) is 2.06. The molecule has 0 saturated carbocycles. The highest BCUT2D eigenvalue weighted by molar-refractivity contribution is 8.00. The summed E-state index contributed by atoms with van der Waals surface area (Å²) in [7, 11) is 0. The molecule has 1 saturated heterocycles. The van der Waals surface area contributed by atoms with Crippen LogP contribution in [0.5, 0.6) is 0 Å². The van der Waals surface area contributed by atoms with Gasteiger partial charge in [0.15, 0.2) is 0 Å². The van der Waals surface area contributed by atoms with Crippen LogP contribution in [0.2, 0.25) is 0 Å². The fourth-order valence-corrected chi connectivity index (χ4v) is 2.29. The molecule has 1 heterocycles. The third kappa shape index (κ3) is 5.39. The number of hydrogen-bond donors (Lipinski definition) is 1. The van der Waals surface area contributed by atoms with Crippen molar-refractivity contribution in [3.05, 3.63) is 0 Å². The zero-order valence-electron chi connectivity index (χ0n) is 9.49. The van der Waals surface area contributed by atoms with Crippen molar-refractivity contribution in [2.24, 2.45) is 5.73 Å². The Kier molecular flexibility index (Phi) is 4.89. The maximum Gasteiger partial charge on any atom is 0.232 e. The molecule has 1 aliphatic heterocycles. The smallest absolute Gasteiger partial charge is 0.232 e. The van der Waals surface area contributed by atoms with Crippen molar-refractivity contribution in [3.63, 3.8) is 0 Å². The van der Waals surface area contributed by atoms with Crippen molar-refractivity contribution in [2.45, 2.75) is 19.4 Å². The first kappa shape index (κ1) is 12.8. The maximum absolute atomic E-state index is 11.7. The molecule has 0 unspecified atom stereocenters. The van der Waals surface area contributed by atoms with E-state index in [9.17, 15) is 4.79 Å². The molecule has 1 aliphatic rings. The van der Waals surface area contributed by atoms with Crippen molar-refractivity contribution in [1.29, 1.82) is 0 Å². The molecular weight excluding hydrogens is 212 g/mol. The van der Waals surface area contributed by atoms with Gasteiger partial charge in [0.25, 0.3) is 0 Å². The summed E-state index contributed by atoms with van der Waals surface area (Å²) in [6.45, 7) is 6.73.